The van der Waals surface area contributed by atoms with Crippen molar-refractivity contribution in [3.8, 4) is 22.8 Å². The zero-order valence-corrected chi connectivity index (χ0v) is 14.2. The molecule has 0 bridgehead atoms. The maximum atomic E-state index is 13.0. The third kappa shape index (κ3) is 3.08. The average molecular weight is 382 g/mol. The first kappa shape index (κ1) is 15.0. The van der Waals surface area contributed by atoms with E-state index < -0.39 is 0 Å². The summed E-state index contributed by atoms with van der Waals surface area (Å²) < 4.78 is 16.2. The summed E-state index contributed by atoms with van der Waals surface area (Å²) in [5, 5.41) is 0. The smallest absolute Gasteiger partial charge is 0.160 e. The topological polar surface area (TPSA) is 30.7 Å². The summed E-state index contributed by atoms with van der Waals surface area (Å²) >= 11 is 3.44. The van der Waals surface area contributed by atoms with Gasteiger partial charge in [0, 0.05) is 29.0 Å². The fourth-order valence-electron chi connectivity index (χ4n) is 2.58. The van der Waals surface area contributed by atoms with Crippen LogP contribution in [0.3, 0.4) is 0 Å². The van der Waals surface area contributed by atoms with E-state index in [-0.39, 0.29) is 5.82 Å². The number of benzene rings is 2. The van der Waals surface area contributed by atoms with Gasteiger partial charge in [-0.05, 0) is 48.0 Å². The van der Waals surface area contributed by atoms with E-state index in [1.807, 2.05) is 30.6 Å². The van der Waals surface area contributed by atoms with Gasteiger partial charge in [-0.3, -0.25) is 0 Å². The Labute approximate surface area is 147 Å². The summed E-state index contributed by atoms with van der Waals surface area (Å²) in [6, 6.07) is 16.4. The van der Waals surface area contributed by atoms with Crippen LogP contribution < -0.4 is 0 Å². The lowest BCUT2D eigenvalue weighted by atomic mass is 10.2. The minimum Gasteiger partial charge on any atom is -0.348 e. The zero-order chi connectivity index (χ0) is 16.5. The van der Waals surface area contributed by atoms with Crippen LogP contribution in [0.4, 0.5) is 4.39 Å². The molecule has 3 nitrogen and oxygen atoms in total. The van der Waals surface area contributed by atoms with Crippen LogP contribution in [0.1, 0.15) is 5.56 Å². The third-order valence-corrected chi connectivity index (χ3v) is 4.34. The highest BCUT2D eigenvalue weighted by Crippen LogP contribution is 2.25. The van der Waals surface area contributed by atoms with Gasteiger partial charge in [0.25, 0.3) is 0 Å². The number of pyridine rings is 1. The quantitative estimate of drug-likeness (QED) is 0.499. The Hall–Kier alpha value is -2.53. The summed E-state index contributed by atoms with van der Waals surface area (Å²) in [6.07, 6.45) is 3.98. The van der Waals surface area contributed by atoms with Crippen molar-refractivity contribution in [3.05, 3.63) is 82.8 Å². The number of rotatable bonds is 3. The molecule has 0 radical (unpaired) electrons. The van der Waals surface area contributed by atoms with Gasteiger partial charge in [-0.15, -0.1) is 0 Å². The van der Waals surface area contributed by atoms with Crippen molar-refractivity contribution in [2.75, 3.05) is 0 Å². The van der Waals surface area contributed by atoms with Crippen LogP contribution in [-0.2, 0) is 6.54 Å². The van der Waals surface area contributed by atoms with E-state index >= 15 is 0 Å². The molecule has 2 aliphatic rings. The van der Waals surface area contributed by atoms with E-state index in [1.165, 1.54) is 17.7 Å². The van der Waals surface area contributed by atoms with Gasteiger partial charge in [-0.2, -0.15) is 0 Å². The largest absolute Gasteiger partial charge is 0.348 e. The minimum atomic E-state index is -0.262. The lowest BCUT2D eigenvalue weighted by Gasteiger charge is -2.08. The normalized spacial score (nSPS) is 11.1. The fourth-order valence-corrected chi connectivity index (χ4v) is 2.84. The first-order valence-corrected chi connectivity index (χ1v) is 8.30. The molecule has 24 heavy (non-hydrogen) atoms. The molecule has 2 aromatic carbocycles. The molecule has 0 spiro atoms. The van der Waals surface area contributed by atoms with Crippen molar-refractivity contribution in [2.45, 2.75) is 6.54 Å². The number of fused-ring (bicyclic) bond motifs is 1. The van der Waals surface area contributed by atoms with Crippen LogP contribution in [0, 0.1) is 5.82 Å². The highest BCUT2D eigenvalue weighted by molar-refractivity contribution is 9.10. The van der Waals surface area contributed by atoms with Gasteiger partial charge in [-0.1, -0.05) is 28.1 Å². The molecule has 0 fully saturated rings. The Bertz CT molecular complexity index is 945. The molecular formula is C19H13BrFN3. The lowest BCUT2D eigenvalue weighted by molar-refractivity contribution is 0.628. The molecule has 0 aliphatic carbocycles. The standard InChI is InChI=1S/C19H13BrFN3/c20-15-5-1-13(2-6-15)11-24-10-9-17-18(12-24)23-19(22-17)14-3-7-16(21)8-4-14/h1-10,12H,11H2. The highest BCUT2D eigenvalue weighted by atomic mass is 79.9. The SMILES string of the molecule is Fc1ccc(-c2nc3ccn(Cc4ccc(Br)cc4)cc-3n2)cc1. The fraction of sp³-hybridized carbons (Fsp3) is 0.0526. The Kier molecular flexibility index (Phi) is 3.86. The lowest BCUT2D eigenvalue weighted by Crippen LogP contribution is -2.00. The zero-order valence-electron chi connectivity index (χ0n) is 12.7. The Morgan fingerprint density at radius 3 is 2.33 bits per heavy atom. The van der Waals surface area contributed by atoms with Crippen LogP contribution in [0.25, 0.3) is 22.8 Å². The van der Waals surface area contributed by atoms with Crippen LogP contribution in [0.2, 0.25) is 0 Å². The molecule has 0 unspecified atom stereocenters. The number of aromatic nitrogens is 3. The number of imidazole rings is 1. The van der Waals surface area contributed by atoms with Gasteiger partial charge in [-0.25, -0.2) is 14.4 Å². The van der Waals surface area contributed by atoms with Gasteiger partial charge >= 0.3 is 0 Å². The summed E-state index contributed by atoms with van der Waals surface area (Å²) in [7, 11) is 0. The molecule has 2 heterocycles. The molecular weight excluding hydrogens is 369 g/mol. The molecule has 0 aromatic heterocycles. The van der Waals surface area contributed by atoms with Crippen molar-refractivity contribution in [1.82, 2.24) is 14.5 Å². The minimum absolute atomic E-state index is 0.262. The van der Waals surface area contributed by atoms with E-state index in [2.05, 4.69) is 42.6 Å². The number of hydrogen-bond donors (Lipinski definition) is 0. The van der Waals surface area contributed by atoms with E-state index in [9.17, 15) is 4.39 Å². The summed E-state index contributed by atoms with van der Waals surface area (Å²) in [5.74, 6) is 0.355. The summed E-state index contributed by atoms with van der Waals surface area (Å²) in [5.41, 5.74) is 3.68. The number of halogens is 2. The average Bonchev–Trinajstić information content (AvgIpc) is 3.01. The first-order valence-electron chi connectivity index (χ1n) is 7.51. The Morgan fingerprint density at radius 1 is 0.875 bits per heavy atom. The van der Waals surface area contributed by atoms with E-state index in [0.29, 0.717) is 5.82 Å². The second kappa shape index (κ2) is 6.17. The van der Waals surface area contributed by atoms with Crippen LogP contribution in [0.5, 0.6) is 0 Å². The monoisotopic (exact) mass is 381 g/mol. The molecule has 0 saturated carbocycles. The molecule has 0 N–H and O–H groups in total. The molecule has 0 atom stereocenters. The van der Waals surface area contributed by atoms with Crippen molar-refractivity contribution in [2.24, 2.45) is 0 Å². The van der Waals surface area contributed by atoms with Gasteiger partial charge in [0.15, 0.2) is 5.82 Å². The maximum Gasteiger partial charge on any atom is 0.160 e. The highest BCUT2D eigenvalue weighted by Gasteiger charge is 2.12. The first-order chi connectivity index (χ1) is 11.7. The predicted molar refractivity (Wildman–Crippen MR) is 95.3 cm³/mol. The van der Waals surface area contributed by atoms with Crippen molar-refractivity contribution in [1.29, 1.82) is 0 Å². The third-order valence-electron chi connectivity index (χ3n) is 3.81. The molecule has 2 aliphatic heterocycles. The van der Waals surface area contributed by atoms with E-state index in [4.69, 9.17) is 0 Å². The molecule has 0 saturated heterocycles. The molecule has 4 rings (SSSR count). The molecule has 2 aromatic rings. The predicted octanol–water partition coefficient (Wildman–Crippen LogP) is 5.00. The summed E-state index contributed by atoms with van der Waals surface area (Å²) in [4.78, 5) is 9.09. The van der Waals surface area contributed by atoms with Crippen molar-refractivity contribution in [3.63, 3.8) is 0 Å². The van der Waals surface area contributed by atoms with E-state index in [0.717, 1.165) is 28.0 Å². The Morgan fingerprint density at radius 2 is 1.58 bits per heavy atom. The van der Waals surface area contributed by atoms with Crippen molar-refractivity contribution < 1.29 is 4.39 Å². The number of nitrogens with zero attached hydrogens (tertiary/aromatic N) is 3. The van der Waals surface area contributed by atoms with Gasteiger partial charge in [0.05, 0.1) is 5.69 Å². The Balaban J connectivity index is 1.65. The molecule has 0 amide bonds. The molecule has 118 valence electrons. The van der Waals surface area contributed by atoms with Crippen LogP contribution in [-0.4, -0.2) is 14.5 Å². The van der Waals surface area contributed by atoms with E-state index in [1.54, 1.807) is 12.1 Å². The number of hydrogen-bond acceptors (Lipinski definition) is 2. The molecule has 5 heteroatoms. The van der Waals surface area contributed by atoms with Gasteiger partial charge in [0.1, 0.15) is 11.5 Å². The van der Waals surface area contributed by atoms with Gasteiger partial charge < -0.3 is 4.57 Å². The van der Waals surface area contributed by atoms with Crippen LogP contribution in [0.15, 0.2) is 71.5 Å². The maximum absolute atomic E-state index is 13.0. The van der Waals surface area contributed by atoms with Crippen molar-refractivity contribution >= 4 is 15.9 Å². The van der Waals surface area contributed by atoms with Gasteiger partial charge in [0.2, 0.25) is 0 Å². The summed E-state index contributed by atoms with van der Waals surface area (Å²) in [6.45, 7) is 0.766. The second-order valence-corrected chi connectivity index (χ2v) is 6.48. The van der Waals surface area contributed by atoms with Crippen LogP contribution >= 0.6 is 15.9 Å². The second-order valence-electron chi connectivity index (χ2n) is 5.57.